The van der Waals surface area contributed by atoms with Gasteiger partial charge in [0, 0.05) is 37.9 Å². The Morgan fingerprint density at radius 1 is 0.938 bits per heavy atom. The summed E-state index contributed by atoms with van der Waals surface area (Å²) in [6.45, 7) is 3.99. The lowest BCUT2D eigenvalue weighted by Crippen LogP contribution is -2.46. The number of piperazine rings is 1. The molecular weight excluding hydrogens is 421 g/mol. The van der Waals surface area contributed by atoms with E-state index in [-0.39, 0.29) is 17.8 Å². The highest BCUT2D eigenvalue weighted by Crippen LogP contribution is 2.29. The largest absolute Gasteiger partial charge is 0.482 e. The van der Waals surface area contributed by atoms with Crippen LogP contribution in [0, 0.1) is 0 Å². The highest BCUT2D eigenvalue weighted by molar-refractivity contribution is 5.46. The molecule has 0 saturated carbocycles. The molecule has 1 saturated heterocycles. The van der Waals surface area contributed by atoms with Crippen molar-refractivity contribution in [3.63, 3.8) is 0 Å². The average molecular weight is 444 g/mol. The first-order valence-corrected chi connectivity index (χ1v) is 10.3. The fourth-order valence-corrected chi connectivity index (χ4v) is 3.60. The van der Waals surface area contributed by atoms with Crippen LogP contribution in [0.1, 0.15) is 16.9 Å². The van der Waals surface area contributed by atoms with Crippen LogP contribution in [0.4, 0.5) is 18.9 Å². The number of anilines is 1. The summed E-state index contributed by atoms with van der Waals surface area (Å²) >= 11 is 0. The topological polar surface area (TPSA) is 45.9 Å². The van der Waals surface area contributed by atoms with Crippen LogP contribution in [-0.2, 0) is 19.3 Å². The van der Waals surface area contributed by atoms with Crippen molar-refractivity contribution >= 4 is 5.69 Å². The van der Waals surface area contributed by atoms with Crippen LogP contribution in [0.2, 0.25) is 0 Å². The second kappa shape index (κ2) is 9.48. The Morgan fingerprint density at radius 2 is 1.62 bits per heavy atom. The van der Waals surface area contributed by atoms with E-state index in [9.17, 15) is 18.0 Å². The van der Waals surface area contributed by atoms with Crippen molar-refractivity contribution in [2.45, 2.75) is 19.3 Å². The van der Waals surface area contributed by atoms with Gasteiger partial charge in [-0.1, -0.05) is 30.3 Å². The fourth-order valence-electron chi connectivity index (χ4n) is 3.60. The predicted molar refractivity (Wildman–Crippen MR) is 115 cm³/mol. The minimum Gasteiger partial charge on any atom is -0.482 e. The van der Waals surface area contributed by atoms with Crippen molar-refractivity contribution in [1.82, 2.24) is 4.90 Å². The maximum absolute atomic E-state index is 12.6. The molecule has 1 aromatic heterocycles. The van der Waals surface area contributed by atoms with Crippen molar-refractivity contribution in [1.29, 1.82) is 0 Å². The quantitative estimate of drug-likeness (QED) is 0.558. The molecule has 0 unspecified atom stereocenters. The molecule has 2 heterocycles. The minimum absolute atomic E-state index is 0.0241. The number of para-hydroxylation sites is 1. The van der Waals surface area contributed by atoms with Gasteiger partial charge < -0.3 is 14.1 Å². The van der Waals surface area contributed by atoms with Crippen LogP contribution < -0.4 is 15.1 Å². The van der Waals surface area contributed by atoms with Crippen LogP contribution in [-0.4, -0.2) is 31.1 Å². The third-order valence-corrected chi connectivity index (χ3v) is 5.40. The lowest BCUT2D eigenvalue weighted by Gasteiger charge is -2.35. The molecule has 1 aliphatic heterocycles. The Balaban J connectivity index is 1.29. The first-order chi connectivity index (χ1) is 15.4. The molecule has 4 rings (SSSR count). The van der Waals surface area contributed by atoms with Gasteiger partial charge in [0.25, 0.3) is 0 Å². The first kappa shape index (κ1) is 22.0. The van der Waals surface area contributed by atoms with Gasteiger partial charge in [-0.15, -0.1) is 0 Å². The Hall–Kier alpha value is -3.26. The lowest BCUT2D eigenvalue weighted by atomic mass is 10.1. The van der Waals surface area contributed by atoms with Gasteiger partial charge in [0.1, 0.15) is 18.6 Å². The fraction of sp³-hybridized carbons (Fsp3) is 0.292. The Kier molecular flexibility index (Phi) is 6.50. The van der Waals surface area contributed by atoms with Crippen molar-refractivity contribution < 1.29 is 22.3 Å². The molecule has 0 spiro atoms. The van der Waals surface area contributed by atoms with E-state index in [1.165, 1.54) is 30.1 Å². The molecular formula is C24H23F3N2O3. The van der Waals surface area contributed by atoms with Crippen LogP contribution in [0.15, 0.2) is 76.1 Å². The Bertz CT molecular complexity index is 1070. The molecule has 2 aromatic carbocycles. The zero-order valence-corrected chi connectivity index (χ0v) is 17.3. The minimum atomic E-state index is -4.38. The van der Waals surface area contributed by atoms with E-state index in [0.29, 0.717) is 17.9 Å². The van der Waals surface area contributed by atoms with E-state index in [4.69, 9.17) is 9.15 Å². The summed E-state index contributed by atoms with van der Waals surface area (Å²) < 4.78 is 48.9. The smallest absolute Gasteiger partial charge is 0.416 e. The van der Waals surface area contributed by atoms with Crippen LogP contribution >= 0.6 is 0 Å². The molecule has 0 atom stereocenters. The van der Waals surface area contributed by atoms with Crippen molar-refractivity contribution in [2.24, 2.45) is 0 Å². The van der Waals surface area contributed by atoms with Gasteiger partial charge >= 0.3 is 6.18 Å². The highest BCUT2D eigenvalue weighted by Gasteiger charge is 2.29. The molecule has 3 aromatic rings. The zero-order chi connectivity index (χ0) is 22.6. The van der Waals surface area contributed by atoms with Gasteiger partial charge in [0.2, 0.25) is 11.2 Å². The molecule has 0 bridgehead atoms. The second-order valence-corrected chi connectivity index (χ2v) is 7.66. The summed E-state index contributed by atoms with van der Waals surface area (Å²) in [6, 6.07) is 16.3. The monoisotopic (exact) mass is 444 g/mol. The Morgan fingerprint density at radius 3 is 2.25 bits per heavy atom. The number of alkyl halides is 3. The summed E-state index contributed by atoms with van der Waals surface area (Å²) in [5.41, 5.74) is 0.682. The van der Waals surface area contributed by atoms with Crippen molar-refractivity contribution in [3.8, 4) is 5.75 Å². The Labute approximate surface area is 183 Å². The maximum atomic E-state index is 12.6. The average Bonchev–Trinajstić information content (AvgIpc) is 2.79. The highest BCUT2D eigenvalue weighted by atomic mass is 19.4. The number of nitrogens with zero attached hydrogens (tertiary/aromatic N) is 2. The summed E-state index contributed by atoms with van der Waals surface area (Å²) in [5.74, 6) is 0.576. The van der Waals surface area contributed by atoms with Gasteiger partial charge in [0.05, 0.1) is 12.1 Å². The predicted octanol–water partition coefficient (Wildman–Crippen LogP) is 4.56. The molecule has 0 radical (unpaired) electrons. The standard InChI is InChI=1S/C24H23F3N2O3/c25-24(26,27)19-8-6-18(7-9-19)16-32-23-17-31-21(14-22(23)30)15-28-10-12-29(13-11-28)20-4-2-1-3-5-20/h1-9,14,17H,10-13,15-16H2. The van der Waals surface area contributed by atoms with Crippen molar-refractivity contribution in [2.75, 3.05) is 31.1 Å². The number of hydrogen-bond acceptors (Lipinski definition) is 5. The normalized spacial score (nSPS) is 15.0. The summed E-state index contributed by atoms with van der Waals surface area (Å²) in [4.78, 5) is 16.9. The first-order valence-electron chi connectivity index (χ1n) is 10.3. The van der Waals surface area contributed by atoms with Crippen LogP contribution in [0.5, 0.6) is 5.75 Å². The summed E-state index contributed by atoms with van der Waals surface area (Å²) in [5, 5.41) is 0. The number of ether oxygens (including phenoxy) is 1. The van der Waals surface area contributed by atoms with Gasteiger partial charge in [-0.05, 0) is 29.8 Å². The molecule has 1 fully saturated rings. The van der Waals surface area contributed by atoms with Crippen LogP contribution in [0.25, 0.3) is 0 Å². The van der Waals surface area contributed by atoms with Crippen LogP contribution in [0.3, 0.4) is 0 Å². The third-order valence-electron chi connectivity index (χ3n) is 5.40. The van der Waals surface area contributed by atoms with E-state index in [1.54, 1.807) is 0 Å². The van der Waals surface area contributed by atoms with E-state index >= 15 is 0 Å². The van der Waals surface area contributed by atoms with Crippen molar-refractivity contribution in [3.05, 3.63) is 94.0 Å². The number of halogens is 3. The zero-order valence-electron chi connectivity index (χ0n) is 17.3. The van der Waals surface area contributed by atoms with E-state index in [1.807, 2.05) is 18.2 Å². The number of benzene rings is 2. The second-order valence-electron chi connectivity index (χ2n) is 7.66. The molecule has 1 aliphatic rings. The van der Waals surface area contributed by atoms with Gasteiger partial charge in [0.15, 0.2) is 0 Å². The van der Waals surface area contributed by atoms with E-state index < -0.39 is 11.7 Å². The summed E-state index contributed by atoms with van der Waals surface area (Å²) in [7, 11) is 0. The molecule has 32 heavy (non-hydrogen) atoms. The third kappa shape index (κ3) is 5.50. The molecule has 0 aliphatic carbocycles. The van der Waals surface area contributed by atoms with E-state index in [2.05, 4.69) is 21.9 Å². The van der Waals surface area contributed by atoms with E-state index in [0.717, 1.165) is 38.3 Å². The number of hydrogen-bond donors (Lipinski definition) is 0. The van der Waals surface area contributed by atoms with Gasteiger partial charge in [-0.3, -0.25) is 9.69 Å². The lowest BCUT2D eigenvalue weighted by molar-refractivity contribution is -0.137. The molecule has 5 nitrogen and oxygen atoms in total. The molecule has 8 heteroatoms. The maximum Gasteiger partial charge on any atom is 0.416 e. The SMILES string of the molecule is O=c1cc(CN2CCN(c3ccccc3)CC2)occ1OCc1ccc(C(F)(F)F)cc1. The summed E-state index contributed by atoms with van der Waals surface area (Å²) in [6.07, 6.45) is -3.12. The van der Waals surface area contributed by atoms with Gasteiger partial charge in [-0.25, -0.2) is 0 Å². The van der Waals surface area contributed by atoms with Gasteiger partial charge in [-0.2, -0.15) is 13.2 Å². The molecule has 0 amide bonds. The number of rotatable bonds is 6. The molecule has 0 N–H and O–H groups in total. The molecule has 168 valence electrons.